The van der Waals surface area contributed by atoms with Crippen molar-refractivity contribution < 1.29 is 9.59 Å². The average molecular weight is 331 g/mol. The van der Waals surface area contributed by atoms with Gasteiger partial charge in [0, 0.05) is 11.9 Å². The lowest BCUT2D eigenvalue weighted by molar-refractivity contribution is -0.119. The number of pyridine rings is 1. The van der Waals surface area contributed by atoms with Crippen LogP contribution in [0.5, 0.6) is 0 Å². The predicted octanol–water partition coefficient (Wildman–Crippen LogP) is 3.18. The second-order valence-electron chi connectivity index (χ2n) is 5.36. The summed E-state index contributed by atoms with van der Waals surface area (Å²) in [5.74, 6) is -0.328. The van der Waals surface area contributed by atoms with Crippen molar-refractivity contribution in [3.05, 3.63) is 35.4 Å². The Morgan fingerprint density at radius 3 is 2.70 bits per heavy atom. The first-order valence-corrected chi connectivity index (χ1v) is 8.42. The average Bonchev–Trinajstić information content (AvgIpc) is 2.48. The van der Waals surface area contributed by atoms with Crippen molar-refractivity contribution in [3.63, 3.8) is 0 Å². The van der Waals surface area contributed by atoms with Crippen molar-refractivity contribution in [3.8, 4) is 0 Å². The van der Waals surface area contributed by atoms with Crippen molar-refractivity contribution in [2.75, 3.05) is 6.54 Å². The SMILES string of the molecule is CCNC(=O)NC(=O)C(C)Sc1cc(C)c2cccc(C)c2n1. The van der Waals surface area contributed by atoms with Gasteiger partial charge >= 0.3 is 6.03 Å². The molecule has 0 saturated carbocycles. The third-order valence-corrected chi connectivity index (χ3v) is 4.48. The molecule has 3 amide bonds. The van der Waals surface area contributed by atoms with Gasteiger partial charge in [0.25, 0.3) is 0 Å². The molecule has 1 aromatic carbocycles. The maximum atomic E-state index is 12.0. The summed E-state index contributed by atoms with van der Waals surface area (Å²) in [6.45, 7) is 8.09. The number of nitrogens with one attached hydrogen (secondary N) is 2. The molecule has 0 radical (unpaired) electrons. The third-order valence-electron chi connectivity index (χ3n) is 3.47. The molecule has 2 N–H and O–H groups in total. The normalized spacial score (nSPS) is 12.0. The van der Waals surface area contributed by atoms with Crippen molar-refractivity contribution in [2.24, 2.45) is 0 Å². The molecular formula is C17H21N3O2S. The van der Waals surface area contributed by atoms with Gasteiger partial charge in [-0.3, -0.25) is 10.1 Å². The summed E-state index contributed by atoms with van der Waals surface area (Å²) in [5.41, 5.74) is 3.18. The molecule has 2 rings (SSSR count). The largest absolute Gasteiger partial charge is 0.338 e. The van der Waals surface area contributed by atoms with E-state index in [1.807, 2.05) is 38.1 Å². The van der Waals surface area contributed by atoms with E-state index in [0.29, 0.717) is 6.54 Å². The zero-order valence-electron chi connectivity index (χ0n) is 13.8. The molecule has 0 aliphatic rings. The Labute approximate surface area is 140 Å². The Balaban J connectivity index is 2.16. The van der Waals surface area contributed by atoms with Gasteiger partial charge in [-0.25, -0.2) is 9.78 Å². The Morgan fingerprint density at radius 1 is 1.26 bits per heavy atom. The summed E-state index contributed by atoms with van der Waals surface area (Å²) >= 11 is 1.35. The number of aromatic nitrogens is 1. The molecule has 1 aromatic heterocycles. The second-order valence-corrected chi connectivity index (χ2v) is 6.72. The van der Waals surface area contributed by atoms with Crippen LogP contribution in [0.1, 0.15) is 25.0 Å². The molecule has 0 spiro atoms. The van der Waals surface area contributed by atoms with Gasteiger partial charge in [0.15, 0.2) is 0 Å². The van der Waals surface area contributed by atoms with E-state index in [-0.39, 0.29) is 5.91 Å². The number of carbonyl (C=O) groups excluding carboxylic acids is 2. The number of carbonyl (C=O) groups is 2. The zero-order chi connectivity index (χ0) is 17.0. The number of hydrogen-bond donors (Lipinski definition) is 2. The molecule has 0 saturated heterocycles. The summed E-state index contributed by atoms with van der Waals surface area (Å²) in [5, 5.41) is 6.36. The van der Waals surface area contributed by atoms with E-state index in [2.05, 4.69) is 15.6 Å². The molecule has 6 heteroatoms. The van der Waals surface area contributed by atoms with E-state index in [0.717, 1.165) is 27.1 Å². The van der Waals surface area contributed by atoms with Crippen molar-refractivity contribution >= 4 is 34.6 Å². The molecular weight excluding hydrogens is 310 g/mol. The molecule has 1 atom stereocenters. The minimum atomic E-state index is -0.469. The minimum Gasteiger partial charge on any atom is -0.338 e. The first-order valence-electron chi connectivity index (χ1n) is 7.54. The Bertz CT molecular complexity index is 746. The first kappa shape index (κ1) is 17.3. The van der Waals surface area contributed by atoms with Crippen LogP contribution in [0.3, 0.4) is 0 Å². The van der Waals surface area contributed by atoms with Crippen LogP contribution in [0.2, 0.25) is 0 Å². The van der Waals surface area contributed by atoms with E-state index in [1.165, 1.54) is 11.8 Å². The van der Waals surface area contributed by atoms with Crippen LogP contribution < -0.4 is 10.6 Å². The fourth-order valence-electron chi connectivity index (χ4n) is 2.24. The number of amides is 3. The molecule has 0 fully saturated rings. The number of rotatable bonds is 4. The van der Waals surface area contributed by atoms with Crippen LogP contribution in [0.25, 0.3) is 10.9 Å². The van der Waals surface area contributed by atoms with Gasteiger partial charge in [-0.15, -0.1) is 0 Å². The lowest BCUT2D eigenvalue weighted by Gasteiger charge is -2.13. The van der Waals surface area contributed by atoms with Gasteiger partial charge in [0.1, 0.15) is 0 Å². The Hall–Kier alpha value is -2.08. The fraction of sp³-hybridized carbons (Fsp3) is 0.353. The number of hydrogen-bond acceptors (Lipinski definition) is 4. The van der Waals surface area contributed by atoms with Crippen LogP contribution >= 0.6 is 11.8 Å². The number of nitrogens with zero attached hydrogens (tertiary/aromatic N) is 1. The van der Waals surface area contributed by atoms with Gasteiger partial charge in [-0.1, -0.05) is 30.0 Å². The molecule has 2 aromatic rings. The van der Waals surface area contributed by atoms with Crippen molar-refractivity contribution in [2.45, 2.75) is 38.0 Å². The maximum Gasteiger partial charge on any atom is 0.321 e. The smallest absolute Gasteiger partial charge is 0.321 e. The van der Waals surface area contributed by atoms with E-state index in [4.69, 9.17) is 0 Å². The standard InChI is InChI=1S/C17H21N3O2S/c1-5-18-17(22)20-16(21)12(4)23-14-9-11(3)13-8-6-7-10(2)15(13)19-14/h6-9,12H,5H2,1-4H3,(H2,18,20,21,22). The van der Waals surface area contributed by atoms with Crippen LogP contribution in [-0.2, 0) is 4.79 Å². The molecule has 1 unspecified atom stereocenters. The van der Waals surface area contributed by atoms with E-state index < -0.39 is 11.3 Å². The van der Waals surface area contributed by atoms with Gasteiger partial charge in [-0.05, 0) is 44.9 Å². The van der Waals surface area contributed by atoms with Gasteiger partial charge in [-0.2, -0.15) is 0 Å². The molecule has 23 heavy (non-hydrogen) atoms. The van der Waals surface area contributed by atoms with Gasteiger partial charge < -0.3 is 5.32 Å². The molecule has 5 nitrogen and oxygen atoms in total. The quantitative estimate of drug-likeness (QED) is 0.844. The highest BCUT2D eigenvalue weighted by atomic mass is 32.2. The highest BCUT2D eigenvalue weighted by Crippen LogP contribution is 2.28. The summed E-state index contributed by atoms with van der Waals surface area (Å²) in [6.07, 6.45) is 0. The first-order chi connectivity index (χ1) is 10.9. The maximum absolute atomic E-state index is 12.0. The minimum absolute atomic E-state index is 0.328. The predicted molar refractivity (Wildman–Crippen MR) is 93.8 cm³/mol. The number of fused-ring (bicyclic) bond motifs is 1. The molecule has 122 valence electrons. The van der Waals surface area contributed by atoms with Crippen molar-refractivity contribution in [1.82, 2.24) is 15.6 Å². The summed E-state index contributed by atoms with van der Waals surface area (Å²) in [6, 6.07) is 7.59. The fourth-order valence-corrected chi connectivity index (χ4v) is 3.16. The lowest BCUT2D eigenvalue weighted by Crippen LogP contribution is -2.42. The monoisotopic (exact) mass is 331 g/mol. The molecule has 0 aliphatic heterocycles. The number of thioether (sulfide) groups is 1. The topological polar surface area (TPSA) is 71.1 Å². The highest BCUT2D eigenvalue weighted by molar-refractivity contribution is 8.00. The van der Waals surface area contributed by atoms with Crippen LogP contribution in [0, 0.1) is 13.8 Å². The van der Waals surface area contributed by atoms with Crippen LogP contribution in [0.15, 0.2) is 29.3 Å². The Kier molecular flexibility index (Phi) is 5.60. The van der Waals surface area contributed by atoms with E-state index in [9.17, 15) is 9.59 Å². The third kappa shape index (κ3) is 4.22. The van der Waals surface area contributed by atoms with E-state index in [1.54, 1.807) is 13.8 Å². The number of benzene rings is 1. The Morgan fingerprint density at radius 2 is 2.00 bits per heavy atom. The highest BCUT2D eigenvalue weighted by Gasteiger charge is 2.18. The molecule has 0 aliphatic carbocycles. The molecule has 0 bridgehead atoms. The number of aryl methyl sites for hydroxylation is 2. The number of imide groups is 1. The van der Waals surface area contributed by atoms with Crippen LogP contribution in [-0.4, -0.2) is 28.7 Å². The lowest BCUT2D eigenvalue weighted by atomic mass is 10.1. The summed E-state index contributed by atoms with van der Waals surface area (Å²) < 4.78 is 0. The van der Waals surface area contributed by atoms with E-state index >= 15 is 0 Å². The molecule has 1 heterocycles. The van der Waals surface area contributed by atoms with Crippen LogP contribution in [0.4, 0.5) is 4.79 Å². The summed E-state index contributed by atoms with van der Waals surface area (Å²) in [7, 11) is 0. The van der Waals surface area contributed by atoms with Gasteiger partial charge in [0.2, 0.25) is 5.91 Å². The van der Waals surface area contributed by atoms with Crippen molar-refractivity contribution in [1.29, 1.82) is 0 Å². The number of urea groups is 1. The second kappa shape index (κ2) is 7.46. The van der Waals surface area contributed by atoms with Gasteiger partial charge in [0.05, 0.1) is 15.8 Å². The number of para-hydroxylation sites is 1. The summed E-state index contributed by atoms with van der Waals surface area (Å²) in [4.78, 5) is 28.1. The zero-order valence-corrected chi connectivity index (χ0v) is 14.6.